The summed E-state index contributed by atoms with van der Waals surface area (Å²) in [5.41, 5.74) is 2.59. The first-order chi connectivity index (χ1) is 14.5. The summed E-state index contributed by atoms with van der Waals surface area (Å²) < 4.78 is 13.0. The summed E-state index contributed by atoms with van der Waals surface area (Å²) in [6.45, 7) is 2.53. The van der Waals surface area contributed by atoms with E-state index in [1.54, 1.807) is 10.8 Å². The number of hydrogen-bond acceptors (Lipinski definition) is 4. The molecular formula is C24H26N2O4. The van der Waals surface area contributed by atoms with Crippen LogP contribution in [0.3, 0.4) is 0 Å². The molecule has 6 nitrogen and oxygen atoms in total. The summed E-state index contributed by atoms with van der Waals surface area (Å²) in [5.74, 6) is 0.682. The Morgan fingerprint density at radius 1 is 1.00 bits per heavy atom. The van der Waals surface area contributed by atoms with Gasteiger partial charge in [0.25, 0.3) is 5.91 Å². The summed E-state index contributed by atoms with van der Waals surface area (Å²) in [5, 5.41) is 2.78. The lowest BCUT2D eigenvalue weighted by Crippen LogP contribution is -2.30. The first-order valence-corrected chi connectivity index (χ1v) is 9.90. The summed E-state index contributed by atoms with van der Waals surface area (Å²) in [6, 6.07) is 18.8. The Labute approximate surface area is 176 Å². The van der Waals surface area contributed by atoms with E-state index in [1.165, 1.54) is 6.07 Å². The molecule has 3 rings (SSSR count). The Hall–Kier alpha value is -3.54. The highest BCUT2D eigenvalue weighted by atomic mass is 16.5. The average molecular weight is 406 g/mol. The molecule has 3 aromatic rings. The second-order valence-corrected chi connectivity index (χ2v) is 6.94. The van der Waals surface area contributed by atoms with Gasteiger partial charge in [0.2, 0.25) is 5.43 Å². The van der Waals surface area contributed by atoms with Crippen LogP contribution in [0.1, 0.15) is 23.7 Å². The van der Waals surface area contributed by atoms with Gasteiger partial charge in [-0.2, -0.15) is 0 Å². The number of carbonyl (C=O) groups excluding carboxylic acids is 1. The minimum atomic E-state index is -0.256. The van der Waals surface area contributed by atoms with E-state index in [4.69, 9.17) is 9.47 Å². The Morgan fingerprint density at radius 3 is 2.53 bits per heavy atom. The van der Waals surface area contributed by atoms with E-state index < -0.39 is 0 Å². The third-order valence-electron chi connectivity index (χ3n) is 4.68. The fourth-order valence-corrected chi connectivity index (χ4v) is 2.91. The molecule has 1 heterocycles. The molecule has 0 aliphatic heterocycles. The van der Waals surface area contributed by atoms with Crippen LogP contribution in [0.15, 0.2) is 71.7 Å². The van der Waals surface area contributed by atoms with Crippen LogP contribution in [0.4, 0.5) is 0 Å². The van der Waals surface area contributed by atoms with Crippen molar-refractivity contribution in [3.63, 3.8) is 0 Å². The number of hydrogen-bond donors (Lipinski definition) is 1. The highest BCUT2D eigenvalue weighted by Gasteiger charge is 2.09. The van der Waals surface area contributed by atoms with Crippen LogP contribution in [-0.2, 0) is 31.4 Å². The van der Waals surface area contributed by atoms with Crippen molar-refractivity contribution >= 4 is 5.91 Å². The molecule has 0 radical (unpaired) electrons. The number of aromatic nitrogens is 1. The fourth-order valence-electron chi connectivity index (χ4n) is 2.91. The van der Waals surface area contributed by atoms with E-state index in [-0.39, 0.29) is 30.2 Å². The molecule has 0 fully saturated rings. The van der Waals surface area contributed by atoms with E-state index >= 15 is 0 Å². The highest BCUT2D eigenvalue weighted by Crippen LogP contribution is 2.13. The van der Waals surface area contributed by atoms with Gasteiger partial charge in [-0.05, 0) is 29.7 Å². The molecule has 0 atom stereocenters. The van der Waals surface area contributed by atoms with Crippen molar-refractivity contribution in [1.82, 2.24) is 9.88 Å². The predicted octanol–water partition coefficient (Wildman–Crippen LogP) is 3.22. The number of nitrogens with zero attached hydrogens (tertiary/aromatic N) is 1. The number of amides is 1. The maximum atomic E-state index is 12.4. The van der Waals surface area contributed by atoms with Gasteiger partial charge in [-0.3, -0.25) is 9.59 Å². The van der Waals surface area contributed by atoms with Gasteiger partial charge in [-0.25, -0.2) is 0 Å². The first-order valence-electron chi connectivity index (χ1n) is 9.90. The molecule has 156 valence electrons. The van der Waals surface area contributed by atoms with E-state index in [9.17, 15) is 9.59 Å². The van der Waals surface area contributed by atoms with Crippen molar-refractivity contribution in [3.05, 3.63) is 93.9 Å². The number of benzene rings is 2. The molecule has 0 saturated heterocycles. The van der Waals surface area contributed by atoms with Gasteiger partial charge >= 0.3 is 0 Å². The van der Waals surface area contributed by atoms with Crippen LogP contribution in [0.25, 0.3) is 0 Å². The second kappa shape index (κ2) is 10.3. The second-order valence-electron chi connectivity index (χ2n) is 6.94. The summed E-state index contributed by atoms with van der Waals surface area (Å²) in [4.78, 5) is 24.5. The normalized spacial score (nSPS) is 10.5. The van der Waals surface area contributed by atoms with Crippen LogP contribution in [0.2, 0.25) is 0 Å². The van der Waals surface area contributed by atoms with Gasteiger partial charge in [0.05, 0.1) is 12.7 Å². The number of nitrogens with one attached hydrogen (secondary N) is 1. The lowest BCUT2D eigenvalue weighted by molar-refractivity contribution is -0.123. The van der Waals surface area contributed by atoms with Gasteiger partial charge < -0.3 is 19.4 Å². The highest BCUT2D eigenvalue weighted by molar-refractivity contribution is 5.77. The van der Waals surface area contributed by atoms with Crippen molar-refractivity contribution in [2.45, 2.75) is 26.5 Å². The zero-order chi connectivity index (χ0) is 21.3. The Morgan fingerprint density at radius 2 is 1.77 bits per heavy atom. The topological polar surface area (TPSA) is 69.6 Å². The van der Waals surface area contributed by atoms with Gasteiger partial charge in [0.15, 0.2) is 12.4 Å². The first kappa shape index (κ1) is 21.2. The minimum Gasteiger partial charge on any atom is -0.484 e. The molecule has 1 N–H and O–H groups in total. The smallest absolute Gasteiger partial charge is 0.258 e. The Bertz CT molecular complexity index is 1040. The van der Waals surface area contributed by atoms with Gasteiger partial charge in [0.1, 0.15) is 12.4 Å². The third-order valence-corrected chi connectivity index (χ3v) is 4.68. The summed E-state index contributed by atoms with van der Waals surface area (Å²) >= 11 is 0. The standard InChI is InChI=1S/C24H26N2O4/c1-3-18-10-7-11-21(12-18)29-17-24(28)25-14-20-13-22(27)23(15-26(20)2)30-16-19-8-5-4-6-9-19/h4-13,15H,3,14,16-17H2,1-2H3,(H,25,28). The number of ether oxygens (including phenoxy) is 2. The van der Waals surface area contributed by atoms with E-state index in [0.717, 1.165) is 17.5 Å². The molecule has 0 aliphatic rings. The molecule has 1 amide bonds. The van der Waals surface area contributed by atoms with Crippen molar-refractivity contribution in [2.75, 3.05) is 6.61 Å². The number of pyridine rings is 1. The molecule has 0 bridgehead atoms. The SMILES string of the molecule is CCc1cccc(OCC(=O)NCc2cc(=O)c(OCc3ccccc3)cn2C)c1. The lowest BCUT2D eigenvalue weighted by Gasteiger charge is -2.13. The monoisotopic (exact) mass is 406 g/mol. The Balaban J connectivity index is 1.52. The van der Waals surface area contributed by atoms with Crippen molar-refractivity contribution in [1.29, 1.82) is 0 Å². The van der Waals surface area contributed by atoms with Crippen LogP contribution >= 0.6 is 0 Å². The molecule has 0 aliphatic carbocycles. The lowest BCUT2D eigenvalue weighted by atomic mass is 10.2. The largest absolute Gasteiger partial charge is 0.484 e. The number of carbonyl (C=O) groups is 1. The fraction of sp³-hybridized carbons (Fsp3) is 0.250. The molecule has 30 heavy (non-hydrogen) atoms. The quantitative estimate of drug-likeness (QED) is 0.592. The molecule has 2 aromatic carbocycles. The van der Waals surface area contributed by atoms with Crippen molar-refractivity contribution < 1.29 is 14.3 Å². The maximum absolute atomic E-state index is 12.4. The van der Waals surface area contributed by atoms with Gasteiger partial charge in [0, 0.05) is 18.8 Å². The molecule has 0 saturated carbocycles. The van der Waals surface area contributed by atoms with E-state index in [2.05, 4.69) is 12.2 Å². The number of aryl methyl sites for hydroxylation is 2. The maximum Gasteiger partial charge on any atom is 0.258 e. The number of rotatable bonds is 9. The van der Waals surface area contributed by atoms with E-state index in [1.807, 2.05) is 61.6 Å². The van der Waals surface area contributed by atoms with Crippen molar-refractivity contribution in [2.24, 2.45) is 7.05 Å². The van der Waals surface area contributed by atoms with Gasteiger partial charge in [-0.1, -0.05) is 49.4 Å². The predicted molar refractivity (Wildman–Crippen MR) is 116 cm³/mol. The molecular weight excluding hydrogens is 380 g/mol. The van der Waals surface area contributed by atoms with Crippen LogP contribution in [0.5, 0.6) is 11.5 Å². The Kier molecular flexibility index (Phi) is 7.27. The average Bonchev–Trinajstić information content (AvgIpc) is 2.77. The van der Waals surface area contributed by atoms with Gasteiger partial charge in [-0.15, -0.1) is 0 Å². The summed E-state index contributed by atoms with van der Waals surface area (Å²) in [6.07, 6.45) is 2.54. The summed E-state index contributed by atoms with van der Waals surface area (Å²) in [7, 11) is 1.81. The van der Waals surface area contributed by atoms with Crippen LogP contribution in [-0.4, -0.2) is 17.1 Å². The zero-order valence-electron chi connectivity index (χ0n) is 17.3. The van der Waals surface area contributed by atoms with Crippen LogP contribution < -0.4 is 20.2 Å². The molecule has 0 spiro atoms. The van der Waals surface area contributed by atoms with Crippen LogP contribution in [0, 0.1) is 0 Å². The zero-order valence-corrected chi connectivity index (χ0v) is 17.3. The molecule has 1 aromatic heterocycles. The third kappa shape index (κ3) is 5.98. The van der Waals surface area contributed by atoms with Crippen molar-refractivity contribution in [3.8, 4) is 11.5 Å². The molecule has 6 heteroatoms. The molecule has 0 unspecified atom stereocenters. The minimum absolute atomic E-state index is 0.0839. The van der Waals surface area contributed by atoms with E-state index in [0.29, 0.717) is 18.1 Å².